The van der Waals surface area contributed by atoms with Crippen LogP contribution >= 0.6 is 0 Å². The quantitative estimate of drug-likeness (QED) is 0.592. The number of nitrogens with zero attached hydrogens (tertiary/aromatic N) is 1. The number of hydrogen-bond donors (Lipinski definition) is 0. The maximum absolute atomic E-state index is 2.25. The molecule has 0 heterocycles. The van der Waals surface area contributed by atoms with Gasteiger partial charge in [-0.3, -0.25) is 0 Å². The number of hydrogen-bond acceptors (Lipinski definition) is 1. The Bertz CT molecular complexity index is 287. The minimum atomic E-state index is 0. The average molecular weight is 433 g/mol. The smallest absolute Gasteiger partial charge is 0.0230 e. The van der Waals surface area contributed by atoms with E-state index in [0.717, 1.165) is 6.54 Å². The third-order valence-electron chi connectivity index (χ3n) is 3.40. The molecule has 0 atom stereocenters. The summed E-state index contributed by atoms with van der Waals surface area (Å²) in [6, 6.07) is 0. The first-order valence-corrected chi connectivity index (χ1v) is 5.31. The average Bonchev–Trinajstić information content (AvgIpc) is 2.29. The predicted molar refractivity (Wildman–Crippen MR) is 82.4 cm³/mol. The van der Waals surface area contributed by atoms with E-state index in [0.29, 0.717) is 0 Å². The van der Waals surface area contributed by atoms with Crippen LogP contribution in [0.5, 0.6) is 0 Å². The van der Waals surface area contributed by atoms with Crippen molar-refractivity contribution in [2.75, 3.05) is 20.6 Å². The molecular formula is C16H31NPt-3. The summed E-state index contributed by atoms with van der Waals surface area (Å²) in [6.07, 6.45) is 1.18. The maximum Gasteiger partial charge on any atom is 0.0230 e. The van der Waals surface area contributed by atoms with Crippen molar-refractivity contribution in [3.05, 3.63) is 50.5 Å². The van der Waals surface area contributed by atoms with Gasteiger partial charge in [-0.15, -0.1) is 0 Å². The van der Waals surface area contributed by atoms with Crippen molar-refractivity contribution in [1.29, 1.82) is 0 Å². The molecule has 1 aliphatic carbocycles. The van der Waals surface area contributed by atoms with Crippen LogP contribution in [0.3, 0.4) is 0 Å². The van der Waals surface area contributed by atoms with E-state index >= 15 is 0 Å². The van der Waals surface area contributed by atoms with Crippen molar-refractivity contribution >= 4 is 0 Å². The molecule has 1 rings (SSSR count). The van der Waals surface area contributed by atoms with Gasteiger partial charge in [0, 0.05) is 33.5 Å². The Morgan fingerprint density at radius 1 is 0.778 bits per heavy atom. The summed E-state index contributed by atoms with van der Waals surface area (Å²) < 4.78 is 0. The van der Waals surface area contributed by atoms with Crippen LogP contribution in [-0.4, -0.2) is 25.5 Å². The summed E-state index contributed by atoms with van der Waals surface area (Å²) in [6.45, 7) is 10.1. The molecule has 0 unspecified atom stereocenters. The van der Waals surface area contributed by atoms with Crippen LogP contribution in [0.4, 0.5) is 0 Å². The molecule has 0 aromatic rings. The van der Waals surface area contributed by atoms with E-state index in [-0.39, 0.29) is 43.3 Å². The van der Waals surface area contributed by atoms with Crippen molar-refractivity contribution in [2.24, 2.45) is 0 Å². The van der Waals surface area contributed by atoms with E-state index < -0.39 is 0 Å². The van der Waals surface area contributed by atoms with Crippen LogP contribution < -0.4 is 0 Å². The molecule has 0 bridgehead atoms. The number of rotatable bonds is 3. The summed E-state index contributed by atoms with van der Waals surface area (Å²) in [7, 11) is 4.26. The van der Waals surface area contributed by atoms with Crippen molar-refractivity contribution < 1.29 is 21.1 Å². The molecule has 1 aliphatic rings. The Hall–Kier alpha value is 0.128. The molecule has 1 radical (unpaired) electrons. The van der Waals surface area contributed by atoms with Crippen LogP contribution in [0, 0.1) is 28.2 Å². The maximum atomic E-state index is 2.25. The standard InChI is InChI=1S/C13H22N.3CH3.Pt/c1-9-10(2)12(4)13(11(9)3)7-8-14(5)6;;;;/h7-8H2,1-6H3;3*1H3;/q;3*-1;. The Morgan fingerprint density at radius 3 is 1.50 bits per heavy atom. The van der Waals surface area contributed by atoms with Gasteiger partial charge in [0.05, 0.1) is 0 Å². The van der Waals surface area contributed by atoms with Gasteiger partial charge in [-0.2, -0.15) is 0 Å². The van der Waals surface area contributed by atoms with Crippen LogP contribution in [0.1, 0.15) is 34.1 Å². The molecule has 1 nitrogen and oxygen atoms in total. The van der Waals surface area contributed by atoms with Crippen LogP contribution in [0.2, 0.25) is 0 Å². The SMILES string of the molecule is C[C]1C(C)=C(C)C(C)=C1CCN(C)C.[CH3-].[CH3-].[CH3-].[Pt]. The second-order valence-electron chi connectivity index (χ2n) is 4.53. The van der Waals surface area contributed by atoms with Gasteiger partial charge in [-0.1, -0.05) is 18.1 Å². The molecule has 0 N–H and O–H groups in total. The topological polar surface area (TPSA) is 3.24 Å². The molecule has 0 aliphatic heterocycles. The molecule has 0 amide bonds. The first kappa shape index (κ1) is 26.6. The van der Waals surface area contributed by atoms with Crippen molar-refractivity contribution in [1.82, 2.24) is 4.90 Å². The van der Waals surface area contributed by atoms with Gasteiger partial charge in [-0.05, 0) is 52.4 Å². The minimum Gasteiger partial charge on any atom is -0.358 e. The Morgan fingerprint density at radius 2 is 1.22 bits per heavy atom. The van der Waals surface area contributed by atoms with Gasteiger partial charge in [0.2, 0.25) is 0 Å². The van der Waals surface area contributed by atoms with Gasteiger partial charge in [-0.25, -0.2) is 0 Å². The fourth-order valence-electron chi connectivity index (χ4n) is 2.01. The van der Waals surface area contributed by atoms with Gasteiger partial charge in [0.1, 0.15) is 0 Å². The summed E-state index contributed by atoms with van der Waals surface area (Å²) >= 11 is 0. The summed E-state index contributed by atoms with van der Waals surface area (Å²) in [5.41, 5.74) is 6.03. The third kappa shape index (κ3) is 5.85. The van der Waals surface area contributed by atoms with Crippen LogP contribution in [0.25, 0.3) is 0 Å². The summed E-state index contributed by atoms with van der Waals surface area (Å²) in [4.78, 5) is 2.25. The Balaban J connectivity index is -0.000000245. The second kappa shape index (κ2) is 11.0. The van der Waals surface area contributed by atoms with E-state index in [2.05, 4.69) is 46.7 Å². The summed E-state index contributed by atoms with van der Waals surface area (Å²) in [5, 5.41) is 0. The molecule has 0 aromatic carbocycles. The van der Waals surface area contributed by atoms with E-state index in [9.17, 15) is 0 Å². The Labute approximate surface area is 131 Å². The zero-order valence-corrected chi connectivity index (χ0v) is 15.9. The molecule has 0 fully saturated rings. The summed E-state index contributed by atoms with van der Waals surface area (Å²) in [5.74, 6) is 1.50. The minimum absolute atomic E-state index is 0. The van der Waals surface area contributed by atoms with E-state index in [1.165, 1.54) is 29.1 Å². The molecule has 0 saturated heterocycles. The van der Waals surface area contributed by atoms with Crippen molar-refractivity contribution in [2.45, 2.75) is 34.1 Å². The van der Waals surface area contributed by atoms with Crippen molar-refractivity contribution in [3.63, 3.8) is 0 Å². The zero-order valence-electron chi connectivity index (χ0n) is 13.7. The first-order valence-electron chi connectivity index (χ1n) is 5.31. The molecule has 0 saturated carbocycles. The van der Waals surface area contributed by atoms with Gasteiger partial charge in [0.25, 0.3) is 0 Å². The molecular weight excluding hydrogens is 401 g/mol. The number of allylic oxidation sites excluding steroid dienone is 3. The Kier molecular flexibility index (Phi) is 16.3. The van der Waals surface area contributed by atoms with Gasteiger partial charge < -0.3 is 27.2 Å². The van der Waals surface area contributed by atoms with E-state index in [1.54, 1.807) is 5.57 Å². The van der Waals surface area contributed by atoms with Gasteiger partial charge >= 0.3 is 0 Å². The zero-order chi connectivity index (χ0) is 10.9. The van der Waals surface area contributed by atoms with E-state index in [4.69, 9.17) is 0 Å². The molecule has 113 valence electrons. The molecule has 0 spiro atoms. The molecule has 18 heavy (non-hydrogen) atoms. The third-order valence-corrected chi connectivity index (χ3v) is 3.40. The monoisotopic (exact) mass is 432 g/mol. The van der Waals surface area contributed by atoms with Crippen LogP contribution in [0.15, 0.2) is 22.3 Å². The first-order chi connectivity index (χ1) is 6.45. The normalized spacial score (nSPS) is 14.8. The molecule has 0 aromatic heterocycles. The van der Waals surface area contributed by atoms with Gasteiger partial charge in [0.15, 0.2) is 0 Å². The van der Waals surface area contributed by atoms with E-state index in [1.807, 2.05) is 0 Å². The predicted octanol–water partition coefficient (Wildman–Crippen LogP) is 4.55. The fourth-order valence-corrected chi connectivity index (χ4v) is 2.01. The largest absolute Gasteiger partial charge is 0.358 e. The van der Waals surface area contributed by atoms with Crippen molar-refractivity contribution in [3.8, 4) is 0 Å². The molecule has 2 heteroatoms. The fraction of sp³-hybridized carbons (Fsp3) is 0.500. The second-order valence-corrected chi connectivity index (χ2v) is 4.53. The van der Waals surface area contributed by atoms with Crippen LogP contribution in [-0.2, 0) is 21.1 Å².